The van der Waals surface area contributed by atoms with E-state index in [0.29, 0.717) is 30.5 Å². The highest BCUT2D eigenvalue weighted by Crippen LogP contribution is 2.38. The molecule has 0 radical (unpaired) electrons. The molecule has 3 N–H and O–H groups in total. The Morgan fingerprint density at radius 3 is 2.33 bits per heavy atom. The average molecular weight is 809 g/mol. The van der Waals surface area contributed by atoms with Gasteiger partial charge in [0.15, 0.2) is 6.10 Å². The molecule has 0 aromatic heterocycles. The lowest BCUT2D eigenvalue weighted by Crippen LogP contribution is -2.54. The predicted molar refractivity (Wildman–Crippen MR) is 198 cm³/mol. The first-order chi connectivity index (χ1) is 27.6. The highest BCUT2D eigenvalue weighted by molar-refractivity contribution is 6.25. The summed E-state index contributed by atoms with van der Waals surface area (Å²) in [6.45, 7) is 5.27. The van der Waals surface area contributed by atoms with Gasteiger partial charge < -0.3 is 29.7 Å². The Hall–Kier alpha value is -6.06. The number of amides is 5. The summed E-state index contributed by atoms with van der Waals surface area (Å²) in [5.74, 6) is -3.61. The van der Waals surface area contributed by atoms with Crippen LogP contribution in [0.3, 0.4) is 0 Å². The second kappa shape index (κ2) is 17.2. The van der Waals surface area contributed by atoms with Crippen LogP contribution >= 0.6 is 0 Å². The minimum Gasteiger partial charge on any atom is -0.480 e. The number of carbonyl (C=O) groups is 5. The highest BCUT2D eigenvalue weighted by atomic mass is 19.4. The lowest BCUT2D eigenvalue weighted by molar-refractivity contribution is -0.138. The first-order valence-electron chi connectivity index (χ1n) is 18.4. The van der Waals surface area contributed by atoms with Gasteiger partial charge in [0.2, 0.25) is 11.8 Å². The molecule has 3 aromatic carbocycles. The van der Waals surface area contributed by atoms with Gasteiger partial charge in [-0.2, -0.15) is 18.4 Å². The number of likely N-dealkylation sites (tertiary alicyclic amines) is 1. The number of nitriles is 1. The molecule has 3 aromatic rings. The van der Waals surface area contributed by atoms with Gasteiger partial charge >= 0.3 is 6.18 Å². The van der Waals surface area contributed by atoms with E-state index in [1.54, 1.807) is 32.0 Å². The fraction of sp³-hybridized carbons (Fsp3) is 0.400. The first-order valence-corrected chi connectivity index (χ1v) is 18.4. The number of piperidine rings is 1. The number of imide groups is 2. The highest BCUT2D eigenvalue weighted by Gasteiger charge is 2.49. The van der Waals surface area contributed by atoms with Crippen LogP contribution < -0.4 is 20.7 Å². The summed E-state index contributed by atoms with van der Waals surface area (Å²) in [7, 11) is 0. The molecule has 18 heteroatoms. The lowest BCUT2D eigenvalue weighted by atomic mass is 9.89. The summed E-state index contributed by atoms with van der Waals surface area (Å²) in [6, 6.07) is 12.6. The van der Waals surface area contributed by atoms with E-state index in [1.807, 2.05) is 0 Å². The number of benzene rings is 3. The van der Waals surface area contributed by atoms with E-state index < -0.39 is 70.2 Å². The van der Waals surface area contributed by atoms with E-state index in [2.05, 4.69) is 16.0 Å². The van der Waals surface area contributed by atoms with Crippen molar-refractivity contribution < 1.29 is 55.7 Å². The minimum atomic E-state index is -4.79. The number of nitrogens with zero attached hydrogens (tertiary/aromatic N) is 3. The van der Waals surface area contributed by atoms with Crippen molar-refractivity contribution in [2.24, 2.45) is 5.41 Å². The van der Waals surface area contributed by atoms with E-state index in [-0.39, 0.29) is 74.8 Å². The number of nitrogens with one attached hydrogen (secondary N) is 3. The molecule has 2 atom stereocenters. The van der Waals surface area contributed by atoms with Crippen molar-refractivity contribution in [1.29, 1.82) is 5.26 Å². The summed E-state index contributed by atoms with van der Waals surface area (Å²) in [4.78, 5) is 65.7. The number of carbonyl (C=O) groups excluding carboxylic acids is 5. The Kier molecular flexibility index (Phi) is 12.3. The number of hydrogen-bond acceptors (Lipinski definition) is 11. The zero-order chi connectivity index (χ0) is 41.8. The Balaban J connectivity index is 0.891. The van der Waals surface area contributed by atoms with Gasteiger partial charge in [0.1, 0.15) is 17.6 Å². The van der Waals surface area contributed by atoms with Crippen molar-refractivity contribution >= 4 is 40.9 Å². The first kappa shape index (κ1) is 41.6. The van der Waals surface area contributed by atoms with Gasteiger partial charge in [-0.05, 0) is 48.9 Å². The number of fused-ring (bicyclic) bond motifs is 1. The molecular formula is C40H40F4N6O8. The van der Waals surface area contributed by atoms with Gasteiger partial charge in [-0.15, -0.1) is 0 Å². The van der Waals surface area contributed by atoms with Crippen LogP contribution in [0.2, 0.25) is 0 Å². The topological polar surface area (TPSA) is 179 Å². The molecule has 3 aliphatic rings. The maximum atomic E-state index is 15.1. The van der Waals surface area contributed by atoms with Crippen LogP contribution in [0.25, 0.3) is 0 Å². The van der Waals surface area contributed by atoms with E-state index in [9.17, 15) is 37.1 Å². The smallest absolute Gasteiger partial charge is 0.417 e. The lowest BCUT2D eigenvalue weighted by Gasteiger charge is -2.27. The molecule has 6 rings (SSSR count). The van der Waals surface area contributed by atoms with Gasteiger partial charge in [-0.3, -0.25) is 34.2 Å². The van der Waals surface area contributed by atoms with Gasteiger partial charge in [0, 0.05) is 55.0 Å². The normalized spacial score (nSPS) is 18.9. The Bertz CT molecular complexity index is 2160. The molecular weight excluding hydrogens is 768 g/mol. The number of alkyl halides is 3. The molecule has 2 unspecified atom stereocenters. The molecule has 3 heterocycles. The molecule has 306 valence electrons. The summed E-state index contributed by atoms with van der Waals surface area (Å²) in [5, 5.41) is 17.4. The van der Waals surface area contributed by atoms with Crippen molar-refractivity contribution in [2.45, 2.75) is 51.6 Å². The third-order valence-electron chi connectivity index (χ3n) is 9.91. The quantitative estimate of drug-likeness (QED) is 0.106. The standard InChI is InChI=1S/C40H40F4N6O8/c1-39(2)22-49(38(55)34(39)58-26-9-7-23(20-45)28(19-26)40(42,43)44)21-24-6-8-25(18-29(24)41)46-12-14-56-16-17-57-15-13-47-30-5-3-4-27-33(30)37(54)50(36(27)53)31-10-11-32(51)48-35(31)52/h3-9,18-19,31,34,46-47H,10-17,21-22H2,1-2H3,(H,48,51,52). The molecule has 2 fully saturated rings. The van der Waals surface area contributed by atoms with Crippen LogP contribution in [0.1, 0.15) is 64.1 Å². The van der Waals surface area contributed by atoms with Crippen LogP contribution in [0.4, 0.5) is 28.9 Å². The molecule has 5 amide bonds. The van der Waals surface area contributed by atoms with Gasteiger partial charge in [0.05, 0.1) is 54.8 Å². The van der Waals surface area contributed by atoms with E-state index in [1.165, 1.54) is 35.2 Å². The average Bonchev–Trinajstić information content (AvgIpc) is 3.55. The second-order valence-corrected chi connectivity index (χ2v) is 14.6. The van der Waals surface area contributed by atoms with Crippen molar-refractivity contribution in [3.05, 3.63) is 88.2 Å². The molecule has 2 saturated heterocycles. The fourth-order valence-electron chi connectivity index (χ4n) is 7.06. The molecule has 0 aliphatic carbocycles. The number of rotatable bonds is 16. The third-order valence-corrected chi connectivity index (χ3v) is 9.91. The van der Waals surface area contributed by atoms with Crippen molar-refractivity contribution in [3.63, 3.8) is 0 Å². The minimum absolute atomic E-state index is 0.0280. The number of hydrogen-bond donors (Lipinski definition) is 3. The predicted octanol–water partition coefficient (Wildman–Crippen LogP) is 4.49. The molecule has 0 bridgehead atoms. The van der Waals surface area contributed by atoms with E-state index in [0.717, 1.165) is 11.0 Å². The van der Waals surface area contributed by atoms with Crippen LogP contribution in [0.5, 0.6) is 5.75 Å². The second-order valence-electron chi connectivity index (χ2n) is 14.6. The van der Waals surface area contributed by atoms with Crippen LogP contribution in [-0.4, -0.2) is 97.5 Å². The largest absolute Gasteiger partial charge is 0.480 e. The van der Waals surface area contributed by atoms with Crippen LogP contribution in [0.15, 0.2) is 54.6 Å². The maximum Gasteiger partial charge on any atom is 0.417 e. The maximum absolute atomic E-state index is 15.1. The van der Waals surface area contributed by atoms with E-state index in [4.69, 9.17) is 19.5 Å². The van der Waals surface area contributed by atoms with Gasteiger partial charge in [-0.1, -0.05) is 26.0 Å². The van der Waals surface area contributed by atoms with Crippen molar-refractivity contribution in [2.75, 3.05) is 56.7 Å². The Morgan fingerprint density at radius 1 is 0.931 bits per heavy atom. The molecule has 0 saturated carbocycles. The molecule has 0 spiro atoms. The summed E-state index contributed by atoms with van der Waals surface area (Å²) < 4.78 is 72.5. The van der Waals surface area contributed by atoms with Crippen molar-refractivity contribution in [3.8, 4) is 11.8 Å². The number of halogens is 4. The third kappa shape index (κ3) is 9.05. The number of anilines is 2. The molecule has 3 aliphatic heterocycles. The summed E-state index contributed by atoms with van der Waals surface area (Å²) in [5.41, 5.74) is -1.08. The zero-order valence-electron chi connectivity index (χ0n) is 31.5. The van der Waals surface area contributed by atoms with Crippen LogP contribution in [-0.2, 0) is 36.6 Å². The van der Waals surface area contributed by atoms with E-state index >= 15 is 4.39 Å². The van der Waals surface area contributed by atoms with Crippen LogP contribution in [0, 0.1) is 22.6 Å². The zero-order valence-corrected chi connectivity index (χ0v) is 31.5. The Morgan fingerprint density at radius 2 is 1.66 bits per heavy atom. The SMILES string of the molecule is CC1(C)CN(Cc2ccc(NCCOCCOCCNc3cccc4c3C(=O)N(C3CCC(=O)NC3=O)C4=O)cc2F)C(=O)C1Oc1ccc(C#N)c(C(F)(F)F)c1. The summed E-state index contributed by atoms with van der Waals surface area (Å²) >= 11 is 0. The van der Waals surface area contributed by atoms with Crippen molar-refractivity contribution in [1.82, 2.24) is 15.1 Å². The molecule has 58 heavy (non-hydrogen) atoms. The Labute approximate surface area is 330 Å². The monoisotopic (exact) mass is 808 g/mol. The molecule has 14 nitrogen and oxygen atoms in total. The van der Waals surface area contributed by atoms with Gasteiger partial charge in [0.25, 0.3) is 17.7 Å². The fourth-order valence-corrected chi connectivity index (χ4v) is 7.06. The van der Waals surface area contributed by atoms with Gasteiger partial charge in [-0.25, -0.2) is 4.39 Å². The number of ether oxygens (including phenoxy) is 3. The summed E-state index contributed by atoms with van der Waals surface area (Å²) in [6.07, 6.45) is -5.83.